The number of carbonyl (C=O) groups is 1. The molecule has 0 unspecified atom stereocenters. The minimum atomic E-state index is 0.175. The van der Waals surface area contributed by atoms with Crippen LogP contribution in [-0.4, -0.2) is 36.3 Å². The van der Waals surface area contributed by atoms with Crippen LogP contribution in [0.2, 0.25) is 0 Å². The van der Waals surface area contributed by atoms with Gasteiger partial charge in [-0.2, -0.15) is 0 Å². The van der Waals surface area contributed by atoms with Crippen LogP contribution in [0.4, 0.5) is 0 Å². The van der Waals surface area contributed by atoms with Crippen LogP contribution in [0.25, 0.3) is 0 Å². The van der Waals surface area contributed by atoms with E-state index in [4.69, 9.17) is 0 Å². The maximum absolute atomic E-state index is 13.4. The summed E-state index contributed by atoms with van der Waals surface area (Å²) < 4.78 is 1.25. The molecule has 5 heteroatoms. The van der Waals surface area contributed by atoms with E-state index in [2.05, 4.69) is 76.0 Å². The van der Waals surface area contributed by atoms with Gasteiger partial charge in [0.05, 0.1) is 0 Å². The van der Waals surface area contributed by atoms with Gasteiger partial charge >= 0.3 is 0 Å². The predicted molar refractivity (Wildman–Crippen MR) is 132 cm³/mol. The van der Waals surface area contributed by atoms with Gasteiger partial charge in [0, 0.05) is 33.7 Å². The summed E-state index contributed by atoms with van der Waals surface area (Å²) in [7, 11) is 0. The van der Waals surface area contributed by atoms with Gasteiger partial charge in [-0.05, 0) is 62.8 Å². The second kappa shape index (κ2) is 14.2. The van der Waals surface area contributed by atoms with Crippen LogP contribution in [0, 0.1) is 18.8 Å². The van der Waals surface area contributed by atoms with Crippen molar-refractivity contribution in [3.63, 3.8) is 0 Å². The summed E-state index contributed by atoms with van der Waals surface area (Å²) in [4.78, 5) is 16.6. The second-order valence-electron chi connectivity index (χ2n) is 8.24. The first kappa shape index (κ1) is 26.1. The third kappa shape index (κ3) is 10.1. The third-order valence-electron chi connectivity index (χ3n) is 4.70. The number of amides is 1. The summed E-state index contributed by atoms with van der Waals surface area (Å²) in [5.41, 5.74) is 1.90. The van der Waals surface area contributed by atoms with Crippen molar-refractivity contribution in [2.75, 3.05) is 25.5 Å². The first-order chi connectivity index (χ1) is 13.8. The molecule has 0 bridgehead atoms. The first-order valence-electron chi connectivity index (χ1n) is 10.9. The van der Waals surface area contributed by atoms with Crippen LogP contribution >= 0.6 is 23.5 Å². The summed E-state index contributed by atoms with van der Waals surface area (Å²) in [6.45, 7) is 17.7. The fourth-order valence-electron chi connectivity index (χ4n) is 2.72. The molecule has 164 valence electrons. The van der Waals surface area contributed by atoms with Gasteiger partial charge in [0.15, 0.2) is 0 Å². The van der Waals surface area contributed by atoms with E-state index in [9.17, 15) is 4.79 Å². The lowest BCUT2D eigenvalue weighted by atomic mass is 10.0. The van der Waals surface area contributed by atoms with Crippen LogP contribution < -0.4 is 5.32 Å². The van der Waals surface area contributed by atoms with Crippen LogP contribution in [0.3, 0.4) is 0 Å². The highest BCUT2D eigenvalue weighted by Crippen LogP contribution is 2.35. The van der Waals surface area contributed by atoms with Crippen LogP contribution in [0.15, 0.2) is 33.4 Å². The molecule has 0 spiro atoms. The van der Waals surface area contributed by atoms with Crippen molar-refractivity contribution in [1.82, 2.24) is 10.2 Å². The minimum Gasteiger partial charge on any atom is -0.339 e. The van der Waals surface area contributed by atoms with Crippen molar-refractivity contribution in [2.24, 2.45) is 11.8 Å². The van der Waals surface area contributed by atoms with Crippen molar-refractivity contribution in [1.29, 1.82) is 0 Å². The molecule has 1 amide bonds. The summed E-state index contributed by atoms with van der Waals surface area (Å²) in [5.74, 6) is 2.27. The molecule has 0 saturated carbocycles. The molecule has 0 atom stereocenters. The van der Waals surface area contributed by atoms with Crippen molar-refractivity contribution in [3.05, 3.63) is 39.6 Å². The zero-order valence-corrected chi connectivity index (χ0v) is 21.0. The number of hydrogen-bond acceptors (Lipinski definition) is 4. The molecule has 0 saturated heterocycles. The zero-order chi connectivity index (χ0) is 21.8. The summed E-state index contributed by atoms with van der Waals surface area (Å²) in [6, 6.07) is 6.29. The van der Waals surface area contributed by atoms with E-state index in [0.717, 1.165) is 54.4 Å². The molecule has 1 rings (SSSR count). The highest BCUT2D eigenvalue weighted by Gasteiger charge is 2.19. The van der Waals surface area contributed by atoms with Crippen LogP contribution in [-0.2, 0) is 0 Å². The van der Waals surface area contributed by atoms with E-state index in [1.54, 1.807) is 23.5 Å². The Balaban J connectivity index is 2.97. The smallest absolute Gasteiger partial charge is 0.254 e. The van der Waals surface area contributed by atoms with E-state index in [-0.39, 0.29) is 5.91 Å². The largest absolute Gasteiger partial charge is 0.339 e. The highest BCUT2D eigenvalue weighted by molar-refractivity contribution is 8.22. The number of rotatable bonds is 13. The van der Waals surface area contributed by atoms with Crippen LogP contribution in [0.5, 0.6) is 0 Å². The van der Waals surface area contributed by atoms with Gasteiger partial charge in [-0.25, -0.2) is 0 Å². The Kier molecular flexibility index (Phi) is 12.8. The van der Waals surface area contributed by atoms with Crippen LogP contribution in [0.1, 0.15) is 70.3 Å². The molecular formula is C24H40N2OS2. The number of hydrogen-bond donors (Lipinski definition) is 1. The molecule has 0 radical (unpaired) electrons. The van der Waals surface area contributed by atoms with E-state index in [1.165, 1.54) is 4.24 Å². The highest BCUT2D eigenvalue weighted by atomic mass is 32.2. The lowest BCUT2D eigenvalue weighted by Gasteiger charge is -2.25. The Morgan fingerprint density at radius 1 is 1.14 bits per heavy atom. The van der Waals surface area contributed by atoms with Gasteiger partial charge in [0.1, 0.15) is 0 Å². The third-order valence-corrected chi connectivity index (χ3v) is 7.10. The van der Waals surface area contributed by atoms with E-state index in [0.29, 0.717) is 11.8 Å². The number of nitrogens with zero attached hydrogens (tertiary/aromatic N) is 1. The number of carbonyl (C=O) groups excluding carboxylic acids is 1. The van der Waals surface area contributed by atoms with Crippen molar-refractivity contribution < 1.29 is 4.79 Å². The average Bonchev–Trinajstić information content (AvgIpc) is 2.67. The molecule has 29 heavy (non-hydrogen) atoms. The second-order valence-corrected chi connectivity index (χ2v) is 10.6. The zero-order valence-electron chi connectivity index (χ0n) is 19.4. The summed E-state index contributed by atoms with van der Waals surface area (Å²) >= 11 is 3.55. The predicted octanol–water partition coefficient (Wildman–Crippen LogP) is 6.78. The van der Waals surface area contributed by atoms with Gasteiger partial charge in [-0.15, -0.1) is 11.8 Å². The Labute approximate surface area is 187 Å². The Morgan fingerprint density at radius 2 is 1.76 bits per heavy atom. The van der Waals surface area contributed by atoms with Crippen molar-refractivity contribution >= 4 is 29.4 Å². The number of allylic oxidation sites excluding steroid dienone is 1. The topological polar surface area (TPSA) is 32.3 Å². The molecule has 0 aromatic heterocycles. The molecule has 3 nitrogen and oxygen atoms in total. The van der Waals surface area contributed by atoms with E-state index < -0.39 is 0 Å². The standard InChI is InChI=1S/C24H40N2OS2/c1-8-23(28-17-25-9-2)29-21-11-10-20(7)22(16-21)24(27)26(14-12-18(3)4)15-13-19(5)6/h8,10-11,16,18-19,25H,9,12-15,17H2,1-7H3/b23-8+. The lowest BCUT2D eigenvalue weighted by molar-refractivity contribution is 0.0740. The van der Waals surface area contributed by atoms with Gasteiger partial charge in [-0.3, -0.25) is 4.79 Å². The SMILES string of the molecule is C/C=C(\SCNCC)Sc1ccc(C)c(C(=O)N(CCC(C)C)CCC(C)C)c1. The molecule has 1 aromatic rings. The summed E-state index contributed by atoms with van der Waals surface area (Å²) in [5, 5.41) is 3.35. The quantitative estimate of drug-likeness (QED) is 0.210. The van der Waals surface area contributed by atoms with Gasteiger partial charge in [0.25, 0.3) is 5.91 Å². The molecule has 0 heterocycles. The lowest BCUT2D eigenvalue weighted by Crippen LogP contribution is -2.34. The maximum Gasteiger partial charge on any atom is 0.254 e. The minimum absolute atomic E-state index is 0.175. The molecule has 0 aliphatic carbocycles. The fourth-order valence-corrected chi connectivity index (χ4v) is 4.70. The Morgan fingerprint density at radius 3 is 2.28 bits per heavy atom. The van der Waals surface area contributed by atoms with Crippen molar-refractivity contribution in [3.8, 4) is 0 Å². The number of benzene rings is 1. The Bertz CT molecular complexity index is 644. The van der Waals surface area contributed by atoms with E-state index >= 15 is 0 Å². The van der Waals surface area contributed by atoms with E-state index in [1.807, 2.05) is 6.92 Å². The summed E-state index contributed by atoms with van der Waals surface area (Å²) in [6.07, 6.45) is 4.23. The van der Waals surface area contributed by atoms with Crippen molar-refractivity contribution in [2.45, 2.75) is 66.2 Å². The average molecular weight is 437 g/mol. The fraction of sp³-hybridized carbons (Fsp3) is 0.625. The number of thioether (sulfide) groups is 2. The van der Waals surface area contributed by atoms with Gasteiger partial charge in [-0.1, -0.05) is 58.5 Å². The molecule has 0 aliphatic rings. The molecule has 1 N–H and O–H groups in total. The monoisotopic (exact) mass is 436 g/mol. The van der Waals surface area contributed by atoms with Gasteiger partial charge < -0.3 is 10.2 Å². The maximum atomic E-state index is 13.4. The van der Waals surface area contributed by atoms with Gasteiger partial charge in [0.2, 0.25) is 0 Å². The first-order valence-corrected chi connectivity index (χ1v) is 12.7. The molecular weight excluding hydrogens is 396 g/mol. The molecule has 0 aliphatic heterocycles. The molecule has 0 fully saturated rings. The molecule has 1 aromatic carbocycles. The Hall–Kier alpha value is -0.910. The normalized spacial score (nSPS) is 12.1. The number of aryl methyl sites for hydroxylation is 1. The number of nitrogens with one attached hydrogen (secondary N) is 1.